The second kappa shape index (κ2) is 8.65. The molecule has 18 heavy (non-hydrogen) atoms. The summed E-state index contributed by atoms with van der Waals surface area (Å²) in [5.41, 5.74) is 1.70. The molecule has 4 heteroatoms. The van der Waals surface area contributed by atoms with E-state index in [0.29, 0.717) is 31.9 Å². The van der Waals surface area contributed by atoms with Gasteiger partial charge < -0.3 is 14.8 Å². The molecule has 0 spiro atoms. The van der Waals surface area contributed by atoms with Gasteiger partial charge in [-0.15, -0.1) is 0 Å². The van der Waals surface area contributed by atoms with Crippen LogP contribution in [-0.4, -0.2) is 26.0 Å². The molecule has 0 bridgehead atoms. The summed E-state index contributed by atoms with van der Waals surface area (Å²) in [5.74, 6) is 0. The van der Waals surface area contributed by atoms with Crippen molar-refractivity contribution in [3.63, 3.8) is 0 Å². The van der Waals surface area contributed by atoms with Crippen molar-refractivity contribution in [3.05, 3.63) is 35.4 Å². The second-order valence-corrected chi connectivity index (χ2v) is 3.74. The minimum atomic E-state index is -0.228. The number of hydrogen-bond donors (Lipinski definition) is 1. The molecule has 0 radical (unpaired) electrons. The van der Waals surface area contributed by atoms with Crippen molar-refractivity contribution in [3.8, 4) is 6.07 Å². The largest absolute Gasteiger partial charge is 0.352 e. The molecule has 0 heterocycles. The van der Waals surface area contributed by atoms with Crippen molar-refractivity contribution in [1.82, 2.24) is 5.32 Å². The van der Waals surface area contributed by atoms with Gasteiger partial charge in [0.15, 0.2) is 6.29 Å². The molecule has 0 saturated heterocycles. The van der Waals surface area contributed by atoms with Gasteiger partial charge in [0, 0.05) is 26.3 Å². The zero-order chi connectivity index (χ0) is 13.2. The van der Waals surface area contributed by atoms with Gasteiger partial charge in [0.25, 0.3) is 0 Å². The highest BCUT2D eigenvalue weighted by molar-refractivity contribution is 5.37. The van der Waals surface area contributed by atoms with Crippen LogP contribution in [0, 0.1) is 11.3 Å². The van der Waals surface area contributed by atoms with E-state index >= 15 is 0 Å². The molecule has 98 valence electrons. The van der Waals surface area contributed by atoms with Gasteiger partial charge in [-0.2, -0.15) is 5.26 Å². The molecule has 1 aromatic rings. The Kier molecular flexibility index (Phi) is 7.04. The summed E-state index contributed by atoms with van der Waals surface area (Å²) < 4.78 is 10.9. The number of ether oxygens (including phenoxy) is 2. The molecular formula is C14H20N2O2. The summed E-state index contributed by atoms with van der Waals surface area (Å²) >= 11 is 0. The lowest BCUT2D eigenvalue weighted by molar-refractivity contribution is -0.133. The molecular weight excluding hydrogens is 228 g/mol. The van der Waals surface area contributed by atoms with Crippen LogP contribution in [0.25, 0.3) is 0 Å². The van der Waals surface area contributed by atoms with E-state index < -0.39 is 0 Å². The third kappa shape index (κ3) is 4.84. The molecule has 0 saturated carbocycles. The second-order valence-electron chi connectivity index (χ2n) is 3.74. The topological polar surface area (TPSA) is 54.3 Å². The zero-order valence-corrected chi connectivity index (χ0v) is 11.0. The predicted molar refractivity (Wildman–Crippen MR) is 69.9 cm³/mol. The lowest BCUT2D eigenvalue weighted by atomic mass is 10.1. The lowest BCUT2D eigenvalue weighted by Crippen LogP contribution is -2.31. The summed E-state index contributed by atoms with van der Waals surface area (Å²) in [4.78, 5) is 0. The highest BCUT2D eigenvalue weighted by atomic mass is 16.7. The summed E-state index contributed by atoms with van der Waals surface area (Å²) in [6.07, 6.45) is -0.228. The lowest BCUT2D eigenvalue weighted by Gasteiger charge is -2.17. The first-order chi connectivity index (χ1) is 8.81. The Hall–Kier alpha value is -1.41. The molecule has 0 aliphatic rings. The van der Waals surface area contributed by atoms with Crippen LogP contribution < -0.4 is 5.32 Å². The fraction of sp³-hybridized carbons (Fsp3) is 0.500. The van der Waals surface area contributed by atoms with Crippen LogP contribution in [0.4, 0.5) is 0 Å². The Bertz CT molecular complexity index is 382. The van der Waals surface area contributed by atoms with E-state index in [-0.39, 0.29) is 6.29 Å². The maximum absolute atomic E-state index is 8.97. The molecule has 0 unspecified atom stereocenters. The Balaban J connectivity index is 2.42. The minimum Gasteiger partial charge on any atom is -0.352 e. The van der Waals surface area contributed by atoms with E-state index in [1.54, 1.807) is 0 Å². The molecule has 1 aromatic carbocycles. The Morgan fingerprint density at radius 2 is 1.89 bits per heavy atom. The number of rotatable bonds is 8. The molecule has 0 atom stereocenters. The van der Waals surface area contributed by atoms with Crippen molar-refractivity contribution >= 4 is 0 Å². The first kappa shape index (κ1) is 14.7. The fourth-order valence-corrected chi connectivity index (χ4v) is 1.65. The maximum atomic E-state index is 8.97. The van der Waals surface area contributed by atoms with Crippen LogP contribution in [0.15, 0.2) is 24.3 Å². The number of benzene rings is 1. The SMILES string of the molecule is CCOC(CNCc1ccccc1C#N)OCC. The maximum Gasteiger partial charge on any atom is 0.169 e. The quantitative estimate of drug-likeness (QED) is 0.715. The normalized spacial score (nSPS) is 10.6. The summed E-state index contributed by atoms with van der Waals surface area (Å²) in [6, 6.07) is 9.74. The summed E-state index contributed by atoms with van der Waals surface area (Å²) in [7, 11) is 0. The number of nitrogens with one attached hydrogen (secondary N) is 1. The van der Waals surface area contributed by atoms with Crippen LogP contribution in [-0.2, 0) is 16.0 Å². The number of hydrogen-bond acceptors (Lipinski definition) is 4. The Morgan fingerprint density at radius 1 is 1.22 bits per heavy atom. The standard InChI is InChI=1S/C14H20N2O2/c1-3-17-14(18-4-2)11-16-10-13-8-6-5-7-12(13)9-15/h5-8,14,16H,3-4,10-11H2,1-2H3. The first-order valence-corrected chi connectivity index (χ1v) is 6.23. The van der Waals surface area contributed by atoms with E-state index in [4.69, 9.17) is 14.7 Å². The monoisotopic (exact) mass is 248 g/mol. The molecule has 0 aliphatic heterocycles. The van der Waals surface area contributed by atoms with Gasteiger partial charge in [-0.05, 0) is 25.5 Å². The van der Waals surface area contributed by atoms with Gasteiger partial charge in [0.1, 0.15) is 0 Å². The molecule has 4 nitrogen and oxygen atoms in total. The average molecular weight is 248 g/mol. The highest BCUT2D eigenvalue weighted by Gasteiger charge is 2.07. The van der Waals surface area contributed by atoms with Crippen molar-refractivity contribution in [2.24, 2.45) is 0 Å². The van der Waals surface area contributed by atoms with Crippen LogP contribution in [0.3, 0.4) is 0 Å². The van der Waals surface area contributed by atoms with E-state index in [1.165, 1.54) is 0 Å². The minimum absolute atomic E-state index is 0.228. The Morgan fingerprint density at radius 3 is 2.50 bits per heavy atom. The van der Waals surface area contributed by atoms with Gasteiger partial charge in [-0.25, -0.2) is 0 Å². The predicted octanol–water partition coefficient (Wildman–Crippen LogP) is 2.05. The van der Waals surface area contributed by atoms with Crippen molar-refractivity contribution < 1.29 is 9.47 Å². The molecule has 0 aromatic heterocycles. The molecule has 0 amide bonds. The zero-order valence-electron chi connectivity index (χ0n) is 11.0. The summed E-state index contributed by atoms with van der Waals surface area (Å²) in [5, 5.41) is 12.2. The van der Waals surface area contributed by atoms with Crippen LogP contribution >= 0.6 is 0 Å². The molecule has 0 fully saturated rings. The first-order valence-electron chi connectivity index (χ1n) is 6.23. The van der Waals surface area contributed by atoms with E-state index in [0.717, 1.165) is 5.56 Å². The van der Waals surface area contributed by atoms with Crippen LogP contribution in [0.1, 0.15) is 25.0 Å². The van der Waals surface area contributed by atoms with Crippen molar-refractivity contribution in [1.29, 1.82) is 5.26 Å². The van der Waals surface area contributed by atoms with Crippen molar-refractivity contribution in [2.45, 2.75) is 26.7 Å². The van der Waals surface area contributed by atoms with Gasteiger partial charge in [-0.3, -0.25) is 0 Å². The van der Waals surface area contributed by atoms with E-state index in [2.05, 4.69) is 11.4 Å². The van der Waals surface area contributed by atoms with E-state index in [1.807, 2.05) is 38.1 Å². The molecule has 1 rings (SSSR count). The summed E-state index contributed by atoms with van der Waals surface area (Å²) in [6.45, 7) is 6.39. The Labute approximate surface area is 109 Å². The third-order valence-electron chi connectivity index (χ3n) is 2.47. The van der Waals surface area contributed by atoms with Crippen LogP contribution in [0.5, 0.6) is 0 Å². The average Bonchev–Trinajstić information content (AvgIpc) is 2.40. The van der Waals surface area contributed by atoms with Gasteiger partial charge in [-0.1, -0.05) is 18.2 Å². The van der Waals surface area contributed by atoms with Crippen molar-refractivity contribution in [2.75, 3.05) is 19.8 Å². The number of nitriles is 1. The van der Waals surface area contributed by atoms with Gasteiger partial charge in [0.05, 0.1) is 11.6 Å². The highest BCUT2D eigenvalue weighted by Crippen LogP contribution is 2.06. The molecule has 0 aliphatic carbocycles. The van der Waals surface area contributed by atoms with Crippen LogP contribution in [0.2, 0.25) is 0 Å². The van der Waals surface area contributed by atoms with E-state index in [9.17, 15) is 0 Å². The van der Waals surface area contributed by atoms with Gasteiger partial charge >= 0.3 is 0 Å². The molecule has 1 N–H and O–H groups in total. The third-order valence-corrected chi connectivity index (χ3v) is 2.47. The fourth-order valence-electron chi connectivity index (χ4n) is 1.65. The van der Waals surface area contributed by atoms with Gasteiger partial charge in [0.2, 0.25) is 0 Å². The smallest absolute Gasteiger partial charge is 0.169 e. The number of nitrogens with zero attached hydrogens (tertiary/aromatic N) is 1.